The largest absolute Gasteiger partial charge is 0.428 e. The van der Waals surface area contributed by atoms with E-state index >= 15 is 0 Å². The Morgan fingerprint density at radius 3 is 2.50 bits per heavy atom. The predicted octanol–water partition coefficient (Wildman–Crippen LogP) is 3.12. The van der Waals surface area contributed by atoms with Crippen molar-refractivity contribution in [2.24, 2.45) is 0 Å². The van der Waals surface area contributed by atoms with Crippen molar-refractivity contribution in [3.8, 4) is 22.8 Å². The zero-order valence-electron chi connectivity index (χ0n) is 11.3. The van der Waals surface area contributed by atoms with Crippen molar-refractivity contribution >= 4 is 33.3 Å². The summed E-state index contributed by atoms with van der Waals surface area (Å²) in [4.78, 5) is 8.70. The molecule has 0 bridgehead atoms. The topological polar surface area (TPSA) is 73.1 Å². The average molecular weight is 426 g/mol. The molecule has 0 N–H and O–H groups in total. The van der Waals surface area contributed by atoms with E-state index in [1.54, 1.807) is 18.3 Å². The summed E-state index contributed by atoms with van der Waals surface area (Å²) in [6.45, 7) is 0. The van der Waals surface area contributed by atoms with Gasteiger partial charge in [-0.25, -0.2) is 13.4 Å². The third-order valence-corrected chi connectivity index (χ3v) is 4.36. The molecule has 0 saturated carbocycles. The van der Waals surface area contributed by atoms with Crippen LogP contribution < -0.4 is 0 Å². The van der Waals surface area contributed by atoms with Gasteiger partial charge in [-0.05, 0) is 17.7 Å². The summed E-state index contributed by atoms with van der Waals surface area (Å²) in [6, 6.07) is 12.8. The number of rotatable bonds is 4. The van der Waals surface area contributed by atoms with Crippen LogP contribution in [0.2, 0.25) is 0 Å². The van der Waals surface area contributed by atoms with Gasteiger partial charge in [-0.1, -0.05) is 30.3 Å². The molecule has 0 aliphatic heterocycles. The summed E-state index contributed by atoms with van der Waals surface area (Å²) in [5, 5.41) is 0. The number of thiol groups is 1. The summed E-state index contributed by atoms with van der Waals surface area (Å²) in [5.41, 5.74) is 3.02. The zero-order valence-corrected chi connectivity index (χ0v) is 14.3. The molecule has 0 amide bonds. The minimum absolute atomic E-state index is 0.0463. The highest BCUT2D eigenvalue weighted by Gasteiger charge is 2.14. The maximum absolute atomic E-state index is 10.7. The summed E-state index contributed by atoms with van der Waals surface area (Å²) in [6.07, 6.45) is 1.69. The lowest BCUT2D eigenvalue weighted by Gasteiger charge is -1.99. The number of pyridine rings is 1. The normalized spacial score (nSPS) is 11.0. The molecular weight excluding hydrogens is 415 g/mol. The molecule has 0 fully saturated rings. The molecule has 1 aromatic carbocycles. The average Bonchev–Trinajstić information content (AvgIpc) is 2.90. The molecule has 7 heteroatoms. The first-order valence-corrected chi connectivity index (χ1v) is 8.86. The quantitative estimate of drug-likeness (QED) is 0.513. The fraction of sp³-hybridized carbons (Fsp3) is 0.0667. The molecule has 0 atom stereocenters. The van der Waals surface area contributed by atoms with E-state index in [-0.39, 0.29) is 5.75 Å². The van der Waals surface area contributed by atoms with E-state index in [1.165, 1.54) is 0 Å². The van der Waals surface area contributed by atoms with Crippen LogP contribution >= 0.6 is 22.6 Å². The van der Waals surface area contributed by atoms with Gasteiger partial charge < -0.3 is 4.42 Å². The number of hydrogen-bond donors (Lipinski definition) is 1. The molecule has 112 valence electrons. The van der Waals surface area contributed by atoms with Crippen LogP contribution in [0.3, 0.4) is 0 Å². The standard InChI is InChI=1S/C15H11IN2O3S/c16-14-13(11-6-4-10(5-7-11)9-22(19)20)18-15(21-14)12-3-1-2-8-17-12/h1-8,22H,9H2. The Morgan fingerprint density at radius 2 is 1.86 bits per heavy atom. The van der Waals surface area contributed by atoms with Crippen LogP contribution in [0.4, 0.5) is 0 Å². The van der Waals surface area contributed by atoms with E-state index in [1.807, 2.05) is 30.3 Å². The second-order valence-corrected chi connectivity index (χ2v) is 6.51. The summed E-state index contributed by atoms with van der Waals surface area (Å²) in [7, 11) is -2.42. The van der Waals surface area contributed by atoms with E-state index < -0.39 is 10.7 Å². The molecule has 2 heterocycles. The van der Waals surface area contributed by atoms with Crippen LogP contribution in [0.1, 0.15) is 5.56 Å². The minimum Gasteiger partial charge on any atom is -0.428 e. The van der Waals surface area contributed by atoms with Gasteiger partial charge in [-0.2, -0.15) is 0 Å². The molecule has 22 heavy (non-hydrogen) atoms. The SMILES string of the molecule is O=[SH](=O)Cc1ccc(-c2nc(-c3ccccn3)oc2I)cc1. The van der Waals surface area contributed by atoms with Crippen LogP contribution in [-0.4, -0.2) is 18.4 Å². The fourth-order valence-electron chi connectivity index (χ4n) is 2.00. The number of hydrogen-bond acceptors (Lipinski definition) is 5. The highest BCUT2D eigenvalue weighted by molar-refractivity contribution is 14.1. The Labute approximate surface area is 142 Å². The van der Waals surface area contributed by atoms with Crippen molar-refractivity contribution in [2.45, 2.75) is 5.75 Å². The van der Waals surface area contributed by atoms with E-state index in [2.05, 4.69) is 32.6 Å². The van der Waals surface area contributed by atoms with Crippen molar-refractivity contribution < 1.29 is 12.8 Å². The monoisotopic (exact) mass is 426 g/mol. The van der Waals surface area contributed by atoms with E-state index in [0.29, 0.717) is 15.4 Å². The molecule has 0 saturated heterocycles. The van der Waals surface area contributed by atoms with Crippen molar-refractivity contribution in [1.29, 1.82) is 0 Å². The Morgan fingerprint density at radius 1 is 1.09 bits per heavy atom. The number of aromatic nitrogens is 2. The molecule has 3 rings (SSSR count). The van der Waals surface area contributed by atoms with E-state index in [4.69, 9.17) is 4.42 Å². The summed E-state index contributed by atoms with van der Waals surface area (Å²) in [5.74, 6) is 0.511. The summed E-state index contributed by atoms with van der Waals surface area (Å²) >= 11 is 2.09. The third-order valence-electron chi connectivity index (χ3n) is 3.01. The van der Waals surface area contributed by atoms with E-state index in [9.17, 15) is 8.42 Å². The maximum Gasteiger partial charge on any atom is 0.246 e. The predicted molar refractivity (Wildman–Crippen MR) is 91.9 cm³/mol. The molecule has 0 aliphatic carbocycles. The fourth-order valence-corrected chi connectivity index (χ4v) is 3.15. The van der Waals surface area contributed by atoms with Crippen LogP contribution in [0.25, 0.3) is 22.8 Å². The minimum atomic E-state index is -2.42. The lowest BCUT2D eigenvalue weighted by Crippen LogP contribution is -1.87. The lowest BCUT2D eigenvalue weighted by molar-refractivity contribution is 0.545. The van der Waals surface area contributed by atoms with Gasteiger partial charge in [0.15, 0.2) is 3.77 Å². The van der Waals surface area contributed by atoms with Crippen molar-refractivity contribution in [1.82, 2.24) is 9.97 Å². The Kier molecular flexibility index (Phi) is 4.53. The molecule has 5 nitrogen and oxygen atoms in total. The maximum atomic E-state index is 10.7. The van der Waals surface area contributed by atoms with Gasteiger partial charge in [-0.3, -0.25) is 4.98 Å². The Balaban J connectivity index is 1.94. The molecule has 0 aliphatic rings. The number of benzene rings is 1. The first-order chi connectivity index (χ1) is 10.6. The number of nitrogens with zero attached hydrogens (tertiary/aromatic N) is 2. The molecule has 3 aromatic rings. The number of oxazole rings is 1. The van der Waals surface area contributed by atoms with Gasteiger partial charge in [0.25, 0.3) is 0 Å². The van der Waals surface area contributed by atoms with Gasteiger partial charge in [0.1, 0.15) is 22.1 Å². The second-order valence-electron chi connectivity index (χ2n) is 4.54. The van der Waals surface area contributed by atoms with Crippen molar-refractivity contribution in [3.05, 3.63) is 58.0 Å². The van der Waals surface area contributed by atoms with Crippen molar-refractivity contribution in [3.63, 3.8) is 0 Å². The van der Waals surface area contributed by atoms with Gasteiger partial charge >= 0.3 is 0 Å². The molecule has 0 spiro atoms. The highest BCUT2D eigenvalue weighted by Crippen LogP contribution is 2.29. The van der Waals surface area contributed by atoms with Crippen LogP contribution in [0.15, 0.2) is 53.1 Å². The smallest absolute Gasteiger partial charge is 0.246 e. The molecule has 0 radical (unpaired) electrons. The van der Waals surface area contributed by atoms with Crippen LogP contribution in [0, 0.1) is 3.77 Å². The Bertz CT molecular complexity index is 850. The summed E-state index contributed by atoms with van der Waals surface area (Å²) < 4.78 is 27.8. The number of halogens is 1. The zero-order chi connectivity index (χ0) is 15.5. The van der Waals surface area contributed by atoms with Gasteiger partial charge in [0, 0.05) is 34.4 Å². The van der Waals surface area contributed by atoms with Gasteiger partial charge in [-0.15, -0.1) is 0 Å². The van der Waals surface area contributed by atoms with Crippen molar-refractivity contribution in [2.75, 3.05) is 0 Å². The molecule has 2 aromatic heterocycles. The highest BCUT2D eigenvalue weighted by atomic mass is 127. The van der Waals surface area contributed by atoms with Gasteiger partial charge in [0.2, 0.25) is 5.89 Å². The third kappa shape index (κ3) is 3.36. The second kappa shape index (κ2) is 6.57. The molecular formula is C15H11IN2O3S. The lowest BCUT2D eigenvalue weighted by atomic mass is 10.1. The molecule has 0 unspecified atom stereocenters. The van der Waals surface area contributed by atoms with Crippen LogP contribution in [0.5, 0.6) is 0 Å². The van der Waals surface area contributed by atoms with Crippen LogP contribution in [-0.2, 0) is 16.5 Å². The first-order valence-electron chi connectivity index (χ1n) is 6.42. The first kappa shape index (κ1) is 15.2. The Hall–Kier alpha value is -1.74. The van der Waals surface area contributed by atoms with Gasteiger partial charge in [0.05, 0.1) is 5.75 Å². The van der Waals surface area contributed by atoms with E-state index in [0.717, 1.165) is 16.8 Å².